The van der Waals surface area contributed by atoms with Crippen LogP contribution in [-0.4, -0.2) is 64.9 Å². The van der Waals surface area contributed by atoms with Crippen LogP contribution < -0.4 is 10.9 Å². The maximum Gasteiger partial charge on any atom is 0.263 e. The number of rotatable bonds is 2. The number of hydrogen-bond donors (Lipinski definition) is 1. The van der Waals surface area contributed by atoms with Gasteiger partial charge in [-0.05, 0) is 37.9 Å². The second kappa shape index (κ2) is 6.87. The first-order chi connectivity index (χ1) is 12.3. The highest BCUT2D eigenvalue weighted by atomic mass is 16.2. The molecule has 0 unspecified atom stereocenters. The Balaban J connectivity index is 1.78. The van der Waals surface area contributed by atoms with Gasteiger partial charge in [-0.25, -0.2) is 0 Å². The van der Waals surface area contributed by atoms with Crippen molar-refractivity contribution < 1.29 is 9.59 Å². The Morgan fingerprint density at radius 2 is 1.77 bits per heavy atom. The molecule has 1 aromatic heterocycles. The number of aromatic nitrogens is 1. The molecule has 1 N–H and O–H groups in total. The average molecular weight is 360 g/mol. The Labute approximate surface area is 154 Å². The third-order valence-corrected chi connectivity index (χ3v) is 5.93. The first kappa shape index (κ1) is 18.6. The monoisotopic (exact) mass is 360 g/mol. The van der Waals surface area contributed by atoms with Crippen LogP contribution in [0.2, 0.25) is 0 Å². The molecule has 1 aromatic rings. The van der Waals surface area contributed by atoms with Crippen LogP contribution in [-0.2, 0) is 11.8 Å². The lowest BCUT2D eigenvalue weighted by Gasteiger charge is -2.48. The summed E-state index contributed by atoms with van der Waals surface area (Å²) < 4.78 is 1.56. The van der Waals surface area contributed by atoms with Gasteiger partial charge in [0.2, 0.25) is 5.91 Å². The average Bonchev–Trinajstić information content (AvgIpc) is 2.61. The standard InChI is InChI=1S/C19H28N4O3/c1-13(2)15-6-5-14(16(24)22(15)4)17(25)23-10-7-19(8-11-23)18(26)20-9-12-21(19)3/h5-6,13H,7-12H2,1-4H3,(H,20,26). The number of piperazine rings is 1. The second-order valence-corrected chi connectivity index (χ2v) is 7.69. The summed E-state index contributed by atoms with van der Waals surface area (Å²) in [5.74, 6) is 0.0252. The molecule has 2 aliphatic rings. The quantitative estimate of drug-likeness (QED) is 0.836. The zero-order valence-electron chi connectivity index (χ0n) is 16.0. The highest BCUT2D eigenvalue weighted by Gasteiger charge is 2.47. The summed E-state index contributed by atoms with van der Waals surface area (Å²) in [7, 11) is 3.68. The van der Waals surface area contributed by atoms with E-state index in [0.29, 0.717) is 32.5 Å². The minimum atomic E-state index is -0.526. The zero-order valence-corrected chi connectivity index (χ0v) is 16.0. The summed E-state index contributed by atoms with van der Waals surface area (Å²) >= 11 is 0. The molecule has 0 bridgehead atoms. The van der Waals surface area contributed by atoms with Gasteiger partial charge in [0.05, 0.1) is 0 Å². The zero-order chi connectivity index (χ0) is 19.1. The van der Waals surface area contributed by atoms with Gasteiger partial charge in [0.1, 0.15) is 11.1 Å². The Hall–Kier alpha value is -2.15. The van der Waals surface area contributed by atoms with Crippen molar-refractivity contribution in [2.45, 2.75) is 38.1 Å². The predicted octanol–water partition coefficient (Wildman–Crippen LogP) is 0.545. The van der Waals surface area contributed by atoms with Crippen molar-refractivity contribution in [3.63, 3.8) is 0 Å². The number of likely N-dealkylation sites (tertiary alicyclic amines) is 1. The lowest BCUT2D eigenvalue weighted by molar-refractivity contribution is -0.139. The van der Waals surface area contributed by atoms with Crippen molar-refractivity contribution in [2.24, 2.45) is 7.05 Å². The molecule has 0 saturated carbocycles. The molecule has 3 rings (SSSR count). The summed E-state index contributed by atoms with van der Waals surface area (Å²) in [5, 5.41) is 2.94. The van der Waals surface area contributed by atoms with Crippen LogP contribution in [0.3, 0.4) is 0 Å². The third kappa shape index (κ3) is 2.94. The molecule has 0 radical (unpaired) electrons. The van der Waals surface area contributed by atoms with Crippen LogP contribution in [0.1, 0.15) is 48.7 Å². The Morgan fingerprint density at radius 1 is 1.12 bits per heavy atom. The van der Waals surface area contributed by atoms with E-state index in [1.807, 2.05) is 27.0 Å². The molecule has 1 spiro atoms. The van der Waals surface area contributed by atoms with E-state index < -0.39 is 5.54 Å². The van der Waals surface area contributed by atoms with E-state index >= 15 is 0 Å². The van der Waals surface area contributed by atoms with Crippen molar-refractivity contribution >= 4 is 11.8 Å². The third-order valence-electron chi connectivity index (χ3n) is 5.93. The van der Waals surface area contributed by atoms with E-state index in [-0.39, 0.29) is 28.9 Å². The fraction of sp³-hybridized carbons (Fsp3) is 0.632. The Kier molecular flexibility index (Phi) is 4.92. The summed E-state index contributed by atoms with van der Waals surface area (Å²) in [6.45, 7) is 6.48. The molecule has 2 amide bonds. The highest BCUT2D eigenvalue weighted by molar-refractivity contribution is 5.94. The fourth-order valence-electron chi connectivity index (χ4n) is 4.14. The van der Waals surface area contributed by atoms with Crippen LogP contribution in [0.25, 0.3) is 0 Å². The van der Waals surface area contributed by atoms with Crippen LogP contribution >= 0.6 is 0 Å². The smallest absolute Gasteiger partial charge is 0.263 e. The summed E-state index contributed by atoms with van der Waals surface area (Å²) in [4.78, 5) is 41.7. The molecule has 2 fully saturated rings. The topological polar surface area (TPSA) is 74.7 Å². The molecular formula is C19H28N4O3. The molecule has 26 heavy (non-hydrogen) atoms. The number of carbonyl (C=O) groups is 2. The number of amides is 2. The predicted molar refractivity (Wildman–Crippen MR) is 99.3 cm³/mol. The summed E-state index contributed by atoms with van der Waals surface area (Å²) in [6.07, 6.45) is 1.18. The van der Waals surface area contributed by atoms with Gasteiger partial charge in [0.25, 0.3) is 11.5 Å². The van der Waals surface area contributed by atoms with E-state index in [1.54, 1.807) is 22.6 Å². The van der Waals surface area contributed by atoms with Gasteiger partial charge >= 0.3 is 0 Å². The van der Waals surface area contributed by atoms with Crippen LogP contribution in [0.15, 0.2) is 16.9 Å². The van der Waals surface area contributed by atoms with Crippen molar-refractivity contribution in [2.75, 3.05) is 33.2 Å². The van der Waals surface area contributed by atoms with Gasteiger partial charge in [-0.3, -0.25) is 19.3 Å². The van der Waals surface area contributed by atoms with Gasteiger partial charge in [-0.1, -0.05) is 13.8 Å². The number of pyridine rings is 1. The van der Waals surface area contributed by atoms with Crippen molar-refractivity contribution in [3.8, 4) is 0 Å². The first-order valence-electron chi connectivity index (χ1n) is 9.26. The van der Waals surface area contributed by atoms with Gasteiger partial charge in [0, 0.05) is 38.9 Å². The van der Waals surface area contributed by atoms with Crippen molar-refractivity contribution in [3.05, 3.63) is 33.7 Å². The minimum Gasteiger partial charge on any atom is -0.353 e. The van der Waals surface area contributed by atoms with Gasteiger partial charge < -0.3 is 14.8 Å². The molecule has 2 saturated heterocycles. The van der Waals surface area contributed by atoms with Crippen molar-refractivity contribution in [1.29, 1.82) is 0 Å². The SMILES string of the molecule is CC(C)c1ccc(C(=O)N2CCC3(CC2)C(=O)NCCN3C)c(=O)n1C. The second-order valence-electron chi connectivity index (χ2n) is 7.69. The van der Waals surface area contributed by atoms with Crippen molar-refractivity contribution in [1.82, 2.24) is 19.7 Å². The Bertz CT molecular complexity index is 775. The molecule has 0 aliphatic carbocycles. The van der Waals surface area contributed by atoms with E-state index in [0.717, 1.165) is 12.2 Å². The summed E-state index contributed by atoms with van der Waals surface area (Å²) in [5.41, 5.74) is 0.328. The minimum absolute atomic E-state index is 0.0514. The van der Waals surface area contributed by atoms with E-state index in [1.165, 1.54) is 0 Å². The van der Waals surface area contributed by atoms with Crippen LogP contribution in [0.5, 0.6) is 0 Å². The molecule has 3 heterocycles. The number of nitrogens with one attached hydrogen (secondary N) is 1. The molecule has 7 heteroatoms. The van der Waals surface area contributed by atoms with Crippen LogP contribution in [0, 0.1) is 0 Å². The largest absolute Gasteiger partial charge is 0.353 e. The molecule has 142 valence electrons. The Morgan fingerprint density at radius 3 is 2.35 bits per heavy atom. The normalized spacial score (nSPS) is 20.5. The number of piperidine rings is 1. The molecule has 0 aromatic carbocycles. The molecule has 0 atom stereocenters. The fourth-order valence-corrected chi connectivity index (χ4v) is 4.14. The molecule has 2 aliphatic heterocycles. The number of hydrogen-bond acceptors (Lipinski definition) is 4. The number of nitrogens with zero attached hydrogens (tertiary/aromatic N) is 3. The maximum absolute atomic E-state index is 12.9. The van der Waals surface area contributed by atoms with Gasteiger partial charge in [-0.2, -0.15) is 0 Å². The molecule has 7 nitrogen and oxygen atoms in total. The van der Waals surface area contributed by atoms with Crippen LogP contribution in [0.4, 0.5) is 0 Å². The first-order valence-corrected chi connectivity index (χ1v) is 9.26. The lowest BCUT2D eigenvalue weighted by atomic mass is 9.83. The maximum atomic E-state index is 12.9. The molecular weight excluding hydrogens is 332 g/mol. The number of carbonyl (C=O) groups excluding carboxylic acids is 2. The van der Waals surface area contributed by atoms with Gasteiger partial charge in [0.15, 0.2) is 0 Å². The van der Waals surface area contributed by atoms with E-state index in [9.17, 15) is 14.4 Å². The number of likely N-dealkylation sites (N-methyl/N-ethyl adjacent to an activating group) is 1. The van der Waals surface area contributed by atoms with Gasteiger partial charge in [-0.15, -0.1) is 0 Å². The van der Waals surface area contributed by atoms with E-state index in [4.69, 9.17) is 0 Å². The highest BCUT2D eigenvalue weighted by Crippen LogP contribution is 2.30. The lowest BCUT2D eigenvalue weighted by Crippen LogP contribution is -2.67. The van der Waals surface area contributed by atoms with E-state index in [2.05, 4.69) is 10.2 Å². The summed E-state index contributed by atoms with van der Waals surface area (Å²) in [6, 6.07) is 3.50.